The fraction of sp³-hybridized carbons (Fsp3) is 0.583. The molecule has 1 aliphatic heterocycles. The maximum Gasteiger partial charge on any atom is 0.255 e. The molecule has 1 amide bonds. The molecular formula is C12H19N3O. The molecule has 16 heavy (non-hydrogen) atoms. The summed E-state index contributed by atoms with van der Waals surface area (Å²) in [5, 5.41) is 0. The molecule has 0 unspecified atom stereocenters. The van der Waals surface area contributed by atoms with Crippen LogP contribution in [-0.2, 0) is 0 Å². The summed E-state index contributed by atoms with van der Waals surface area (Å²) in [6.07, 6.45) is 1.82. The van der Waals surface area contributed by atoms with Gasteiger partial charge in [-0.3, -0.25) is 4.79 Å². The number of aromatic nitrogens is 1. The van der Waals surface area contributed by atoms with Crippen LogP contribution in [-0.4, -0.2) is 53.4 Å². The van der Waals surface area contributed by atoms with Crippen molar-refractivity contribution in [2.75, 3.05) is 32.7 Å². The average Bonchev–Trinajstić information content (AvgIpc) is 2.75. The SMILES string of the molecule is CCN1CCN(C(=O)c2cc[nH]c2C)CC1. The van der Waals surface area contributed by atoms with Crippen LogP contribution in [0, 0.1) is 6.92 Å². The summed E-state index contributed by atoms with van der Waals surface area (Å²) < 4.78 is 0. The molecule has 4 nitrogen and oxygen atoms in total. The molecule has 0 saturated carbocycles. The molecule has 0 aliphatic carbocycles. The van der Waals surface area contributed by atoms with Crippen molar-refractivity contribution in [1.82, 2.24) is 14.8 Å². The maximum atomic E-state index is 12.2. The summed E-state index contributed by atoms with van der Waals surface area (Å²) >= 11 is 0. The van der Waals surface area contributed by atoms with Crippen LogP contribution in [0.2, 0.25) is 0 Å². The molecule has 1 aliphatic rings. The van der Waals surface area contributed by atoms with E-state index in [4.69, 9.17) is 0 Å². The molecule has 88 valence electrons. The van der Waals surface area contributed by atoms with Gasteiger partial charge in [0, 0.05) is 38.1 Å². The zero-order valence-electron chi connectivity index (χ0n) is 9.99. The van der Waals surface area contributed by atoms with Gasteiger partial charge >= 0.3 is 0 Å². The molecule has 1 fully saturated rings. The molecular weight excluding hydrogens is 202 g/mol. The molecule has 1 N–H and O–H groups in total. The zero-order valence-corrected chi connectivity index (χ0v) is 9.99. The Labute approximate surface area is 96.2 Å². The van der Waals surface area contributed by atoms with Gasteiger partial charge in [0.1, 0.15) is 0 Å². The summed E-state index contributed by atoms with van der Waals surface area (Å²) in [6, 6.07) is 1.86. The number of hydrogen-bond acceptors (Lipinski definition) is 2. The molecule has 1 aromatic rings. The topological polar surface area (TPSA) is 39.3 Å². The van der Waals surface area contributed by atoms with Gasteiger partial charge < -0.3 is 14.8 Å². The van der Waals surface area contributed by atoms with Gasteiger partial charge in [-0.2, -0.15) is 0 Å². The number of carbonyl (C=O) groups is 1. The quantitative estimate of drug-likeness (QED) is 0.812. The lowest BCUT2D eigenvalue weighted by Crippen LogP contribution is -2.48. The van der Waals surface area contributed by atoms with Gasteiger partial charge in [-0.15, -0.1) is 0 Å². The minimum absolute atomic E-state index is 0.162. The van der Waals surface area contributed by atoms with E-state index in [1.807, 2.05) is 24.1 Å². The van der Waals surface area contributed by atoms with E-state index in [-0.39, 0.29) is 5.91 Å². The van der Waals surface area contributed by atoms with Crippen molar-refractivity contribution >= 4 is 5.91 Å². The highest BCUT2D eigenvalue weighted by Gasteiger charge is 2.22. The van der Waals surface area contributed by atoms with Crippen LogP contribution in [0.1, 0.15) is 23.0 Å². The standard InChI is InChI=1S/C12H19N3O/c1-3-14-6-8-15(9-7-14)12(16)11-4-5-13-10(11)2/h4-5,13H,3,6-9H2,1-2H3. The van der Waals surface area contributed by atoms with Crippen LogP contribution in [0.25, 0.3) is 0 Å². The normalized spacial score (nSPS) is 17.8. The fourth-order valence-electron chi connectivity index (χ4n) is 2.12. The lowest BCUT2D eigenvalue weighted by Gasteiger charge is -2.34. The van der Waals surface area contributed by atoms with Crippen molar-refractivity contribution in [1.29, 1.82) is 0 Å². The van der Waals surface area contributed by atoms with Gasteiger partial charge in [0.15, 0.2) is 0 Å². The number of H-pyrrole nitrogens is 1. The van der Waals surface area contributed by atoms with E-state index >= 15 is 0 Å². The number of amides is 1. The third kappa shape index (κ3) is 2.11. The number of aryl methyl sites for hydroxylation is 1. The van der Waals surface area contributed by atoms with Crippen LogP contribution in [0.4, 0.5) is 0 Å². The second-order valence-electron chi connectivity index (χ2n) is 4.24. The van der Waals surface area contributed by atoms with Crippen LogP contribution in [0.15, 0.2) is 12.3 Å². The first-order valence-electron chi connectivity index (χ1n) is 5.88. The number of nitrogens with one attached hydrogen (secondary N) is 1. The predicted octanol–water partition coefficient (Wildman–Crippen LogP) is 1.10. The van der Waals surface area contributed by atoms with Crippen molar-refractivity contribution in [3.8, 4) is 0 Å². The molecule has 0 spiro atoms. The highest BCUT2D eigenvalue weighted by atomic mass is 16.2. The number of rotatable bonds is 2. The van der Waals surface area contributed by atoms with Crippen LogP contribution >= 0.6 is 0 Å². The minimum atomic E-state index is 0.162. The Balaban J connectivity index is 2.00. The number of likely N-dealkylation sites (N-methyl/N-ethyl adjacent to an activating group) is 1. The summed E-state index contributed by atoms with van der Waals surface area (Å²) in [7, 11) is 0. The van der Waals surface area contributed by atoms with Gasteiger partial charge in [0.25, 0.3) is 5.91 Å². The smallest absolute Gasteiger partial charge is 0.255 e. The van der Waals surface area contributed by atoms with Crippen molar-refractivity contribution < 1.29 is 4.79 Å². The third-order valence-corrected chi connectivity index (χ3v) is 3.29. The molecule has 4 heteroatoms. The lowest BCUT2D eigenvalue weighted by molar-refractivity contribution is 0.0643. The van der Waals surface area contributed by atoms with Crippen molar-refractivity contribution in [2.45, 2.75) is 13.8 Å². The lowest BCUT2D eigenvalue weighted by atomic mass is 10.2. The van der Waals surface area contributed by atoms with Crippen LogP contribution in [0.5, 0.6) is 0 Å². The Kier molecular flexibility index (Phi) is 3.29. The highest BCUT2D eigenvalue weighted by molar-refractivity contribution is 5.95. The summed E-state index contributed by atoms with van der Waals surface area (Å²) in [5.74, 6) is 0.162. The Morgan fingerprint density at radius 3 is 2.56 bits per heavy atom. The maximum absolute atomic E-state index is 12.2. The third-order valence-electron chi connectivity index (χ3n) is 3.29. The summed E-state index contributed by atoms with van der Waals surface area (Å²) in [4.78, 5) is 19.5. The Hall–Kier alpha value is -1.29. The van der Waals surface area contributed by atoms with Gasteiger partial charge in [0.05, 0.1) is 5.56 Å². The highest BCUT2D eigenvalue weighted by Crippen LogP contribution is 2.11. The van der Waals surface area contributed by atoms with Crippen molar-refractivity contribution in [3.05, 3.63) is 23.5 Å². The molecule has 1 aromatic heterocycles. The first-order chi connectivity index (χ1) is 7.72. The number of carbonyl (C=O) groups excluding carboxylic acids is 1. The fourth-order valence-corrected chi connectivity index (χ4v) is 2.12. The van der Waals surface area contributed by atoms with E-state index in [9.17, 15) is 4.79 Å². The summed E-state index contributed by atoms with van der Waals surface area (Å²) in [5.41, 5.74) is 1.77. The van der Waals surface area contributed by atoms with Gasteiger partial charge in [-0.05, 0) is 19.5 Å². The minimum Gasteiger partial charge on any atom is -0.365 e. The Bertz CT molecular complexity index is 364. The predicted molar refractivity (Wildman–Crippen MR) is 63.5 cm³/mol. The number of piperazine rings is 1. The van der Waals surface area contributed by atoms with E-state index < -0.39 is 0 Å². The van der Waals surface area contributed by atoms with E-state index in [0.29, 0.717) is 0 Å². The van der Waals surface area contributed by atoms with Gasteiger partial charge in [-0.25, -0.2) is 0 Å². The van der Waals surface area contributed by atoms with E-state index in [1.54, 1.807) is 0 Å². The Morgan fingerprint density at radius 1 is 1.38 bits per heavy atom. The second-order valence-corrected chi connectivity index (χ2v) is 4.24. The molecule has 1 saturated heterocycles. The van der Waals surface area contributed by atoms with E-state index in [1.165, 1.54) is 0 Å². The molecule has 2 rings (SSSR count). The van der Waals surface area contributed by atoms with E-state index in [0.717, 1.165) is 44.0 Å². The monoisotopic (exact) mass is 221 g/mol. The largest absolute Gasteiger partial charge is 0.365 e. The first-order valence-corrected chi connectivity index (χ1v) is 5.88. The van der Waals surface area contributed by atoms with Crippen molar-refractivity contribution in [3.63, 3.8) is 0 Å². The molecule has 2 heterocycles. The number of nitrogens with zero attached hydrogens (tertiary/aromatic N) is 2. The van der Waals surface area contributed by atoms with Crippen LogP contribution in [0.3, 0.4) is 0 Å². The summed E-state index contributed by atoms with van der Waals surface area (Å²) in [6.45, 7) is 8.85. The van der Waals surface area contributed by atoms with E-state index in [2.05, 4.69) is 16.8 Å². The second kappa shape index (κ2) is 4.70. The van der Waals surface area contributed by atoms with Crippen molar-refractivity contribution in [2.24, 2.45) is 0 Å². The number of aromatic amines is 1. The average molecular weight is 221 g/mol. The zero-order chi connectivity index (χ0) is 11.5. The van der Waals surface area contributed by atoms with Crippen LogP contribution < -0.4 is 0 Å². The Morgan fingerprint density at radius 2 is 2.06 bits per heavy atom. The molecule has 0 radical (unpaired) electrons. The first kappa shape index (κ1) is 11.2. The van der Waals surface area contributed by atoms with Gasteiger partial charge in [-0.1, -0.05) is 6.92 Å². The molecule has 0 atom stereocenters. The van der Waals surface area contributed by atoms with Gasteiger partial charge in [0.2, 0.25) is 0 Å². The molecule has 0 bridgehead atoms. The molecule has 0 aromatic carbocycles. The number of hydrogen-bond donors (Lipinski definition) is 1.